The van der Waals surface area contributed by atoms with Crippen molar-refractivity contribution in [3.63, 3.8) is 0 Å². The largest absolute Gasteiger partial charge is 0.350 e. The van der Waals surface area contributed by atoms with Crippen LogP contribution in [0.4, 0.5) is 5.95 Å². The molecule has 1 fully saturated rings. The van der Waals surface area contributed by atoms with Crippen LogP contribution in [0.2, 0.25) is 0 Å². The van der Waals surface area contributed by atoms with Crippen LogP contribution in [0, 0.1) is 0 Å². The molecule has 2 heterocycles. The van der Waals surface area contributed by atoms with Gasteiger partial charge in [-0.2, -0.15) is 0 Å². The van der Waals surface area contributed by atoms with Gasteiger partial charge < -0.3 is 10.6 Å². The van der Waals surface area contributed by atoms with Gasteiger partial charge in [0.25, 0.3) is 5.91 Å². The van der Waals surface area contributed by atoms with E-state index in [0.29, 0.717) is 24.1 Å². The summed E-state index contributed by atoms with van der Waals surface area (Å²) in [6.07, 6.45) is 8.72. The second kappa shape index (κ2) is 5.64. The fourth-order valence-electron chi connectivity index (χ4n) is 1.72. The first-order valence-electron chi connectivity index (χ1n) is 6.57. The molecule has 0 unspecified atom stereocenters. The van der Waals surface area contributed by atoms with Crippen molar-refractivity contribution in [1.82, 2.24) is 20.3 Å². The lowest BCUT2D eigenvalue weighted by atomic mass is 10.3. The average molecular weight is 269 g/mol. The molecular formula is C14H15N5O. The van der Waals surface area contributed by atoms with Crippen molar-refractivity contribution < 1.29 is 4.79 Å². The minimum absolute atomic E-state index is 0.105. The number of carbonyl (C=O) groups is 1. The quantitative estimate of drug-likeness (QED) is 0.857. The zero-order valence-corrected chi connectivity index (χ0v) is 10.9. The average Bonchev–Trinajstić information content (AvgIpc) is 3.31. The van der Waals surface area contributed by atoms with Gasteiger partial charge in [0.05, 0.1) is 5.56 Å². The van der Waals surface area contributed by atoms with Crippen LogP contribution < -0.4 is 10.6 Å². The number of amides is 1. The van der Waals surface area contributed by atoms with Crippen LogP contribution in [-0.2, 0) is 6.54 Å². The van der Waals surface area contributed by atoms with Crippen molar-refractivity contribution in [3.8, 4) is 0 Å². The minimum atomic E-state index is -0.105. The Labute approximate surface area is 116 Å². The zero-order valence-electron chi connectivity index (χ0n) is 10.9. The smallest absolute Gasteiger partial charge is 0.254 e. The number of aromatic nitrogens is 3. The predicted octanol–water partition coefficient (Wildman–Crippen LogP) is 1.38. The molecule has 6 nitrogen and oxygen atoms in total. The van der Waals surface area contributed by atoms with Crippen LogP contribution in [0.5, 0.6) is 0 Å². The van der Waals surface area contributed by atoms with Crippen LogP contribution >= 0.6 is 0 Å². The number of nitrogens with one attached hydrogen (secondary N) is 2. The van der Waals surface area contributed by atoms with Crippen LogP contribution in [-0.4, -0.2) is 26.9 Å². The lowest BCUT2D eigenvalue weighted by Gasteiger charge is -2.06. The number of rotatable bonds is 5. The van der Waals surface area contributed by atoms with E-state index in [1.54, 1.807) is 12.4 Å². The van der Waals surface area contributed by atoms with Gasteiger partial charge in [-0.1, -0.05) is 6.07 Å². The molecule has 0 aliphatic heterocycles. The van der Waals surface area contributed by atoms with Gasteiger partial charge in [-0.3, -0.25) is 9.78 Å². The first kappa shape index (κ1) is 12.5. The van der Waals surface area contributed by atoms with Crippen LogP contribution in [0.25, 0.3) is 0 Å². The molecule has 0 radical (unpaired) electrons. The summed E-state index contributed by atoms with van der Waals surface area (Å²) in [7, 11) is 0. The minimum Gasteiger partial charge on any atom is -0.350 e. The first-order valence-corrected chi connectivity index (χ1v) is 6.57. The summed E-state index contributed by atoms with van der Waals surface area (Å²) < 4.78 is 0. The molecule has 0 spiro atoms. The lowest BCUT2D eigenvalue weighted by Crippen LogP contribution is -2.25. The molecule has 0 bridgehead atoms. The van der Waals surface area contributed by atoms with E-state index in [2.05, 4.69) is 25.6 Å². The van der Waals surface area contributed by atoms with E-state index >= 15 is 0 Å². The second-order valence-electron chi connectivity index (χ2n) is 4.76. The summed E-state index contributed by atoms with van der Waals surface area (Å²) in [6.45, 7) is 0.599. The van der Waals surface area contributed by atoms with Crippen molar-refractivity contribution in [2.45, 2.75) is 25.4 Å². The Morgan fingerprint density at radius 1 is 1.25 bits per heavy atom. The van der Waals surface area contributed by atoms with Crippen molar-refractivity contribution >= 4 is 11.9 Å². The highest BCUT2D eigenvalue weighted by atomic mass is 16.1. The molecule has 2 aromatic heterocycles. The van der Waals surface area contributed by atoms with Crippen LogP contribution in [0.3, 0.4) is 0 Å². The molecular weight excluding hydrogens is 254 g/mol. The summed E-state index contributed by atoms with van der Waals surface area (Å²) in [4.78, 5) is 24.1. The predicted molar refractivity (Wildman–Crippen MR) is 74.1 cm³/mol. The van der Waals surface area contributed by atoms with Crippen molar-refractivity contribution in [3.05, 3.63) is 48.0 Å². The van der Waals surface area contributed by atoms with Crippen molar-refractivity contribution in [2.75, 3.05) is 5.32 Å². The molecule has 0 aromatic carbocycles. The van der Waals surface area contributed by atoms with E-state index < -0.39 is 0 Å². The Morgan fingerprint density at radius 2 is 2.05 bits per heavy atom. The maximum absolute atomic E-state index is 11.8. The molecule has 1 saturated carbocycles. The van der Waals surface area contributed by atoms with Crippen LogP contribution in [0.15, 0.2) is 36.9 Å². The van der Waals surface area contributed by atoms with E-state index in [9.17, 15) is 4.79 Å². The Balaban J connectivity index is 1.56. The highest BCUT2D eigenvalue weighted by Gasteiger charge is 2.23. The number of anilines is 1. The first-order chi connectivity index (χ1) is 9.81. The molecule has 1 amide bonds. The molecule has 2 aromatic rings. The number of hydrogen-bond donors (Lipinski definition) is 2. The van der Waals surface area contributed by atoms with Gasteiger partial charge in [0.15, 0.2) is 0 Å². The Hall–Kier alpha value is -2.50. The third-order valence-electron chi connectivity index (χ3n) is 3.00. The van der Waals surface area contributed by atoms with E-state index in [1.165, 1.54) is 12.4 Å². The van der Waals surface area contributed by atoms with Crippen molar-refractivity contribution in [2.24, 2.45) is 0 Å². The summed E-state index contributed by atoms with van der Waals surface area (Å²) in [6, 6.07) is 4.19. The molecule has 6 heteroatoms. The number of nitrogens with zero attached hydrogens (tertiary/aromatic N) is 3. The zero-order chi connectivity index (χ0) is 13.8. The number of hydrogen-bond acceptors (Lipinski definition) is 5. The third kappa shape index (κ3) is 3.28. The molecule has 20 heavy (non-hydrogen) atoms. The standard InChI is InChI=1S/C14H15N5O/c20-13(19-12-3-4-12)11-8-17-14(18-9-11)16-7-10-2-1-5-15-6-10/h1-2,5-6,8-9,12H,3-4,7H2,(H,19,20)(H,16,17,18). The van der Waals surface area contributed by atoms with E-state index in [-0.39, 0.29) is 5.91 Å². The summed E-state index contributed by atoms with van der Waals surface area (Å²) in [5.74, 6) is 0.392. The monoisotopic (exact) mass is 269 g/mol. The molecule has 0 atom stereocenters. The lowest BCUT2D eigenvalue weighted by molar-refractivity contribution is 0.0950. The normalized spacial score (nSPS) is 13.8. The molecule has 0 saturated heterocycles. The second-order valence-corrected chi connectivity index (χ2v) is 4.76. The van der Waals surface area contributed by atoms with Gasteiger partial charge in [-0.25, -0.2) is 9.97 Å². The fourth-order valence-corrected chi connectivity index (χ4v) is 1.72. The van der Waals surface area contributed by atoms with Gasteiger partial charge in [-0.15, -0.1) is 0 Å². The Bertz CT molecular complexity index is 580. The maximum Gasteiger partial charge on any atom is 0.254 e. The highest BCUT2D eigenvalue weighted by molar-refractivity contribution is 5.94. The summed E-state index contributed by atoms with van der Waals surface area (Å²) in [5, 5.41) is 5.99. The highest BCUT2D eigenvalue weighted by Crippen LogP contribution is 2.19. The number of carbonyl (C=O) groups excluding carboxylic acids is 1. The van der Waals surface area contributed by atoms with E-state index in [0.717, 1.165) is 18.4 Å². The molecule has 102 valence electrons. The summed E-state index contributed by atoms with van der Waals surface area (Å²) in [5.41, 5.74) is 1.54. The molecule has 1 aliphatic rings. The van der Waals surface area contributed by atoms with Crippen molar-refractivity contribution in [1.29, 1.82) is 0 Å². The van der Waals surface area contributed by atoms with Gasteiger partial charge >= 0.3 is 0 Å². The molecule has 2 N–H and O–H groups in total. The van der Waals surface area contributed by atoms with E-state index in [1.807, 2.05) is 12.1 Å². The number of pyridine rings is 1. The van der Waals surface area contributed by atoms with Gasteiger partial charge in [0.2, 0.25) is 5.95 Å². The maximum atomic E-state index is 11.8. The fraction of sp³-hybridized carbons (Fsp3) is 0.286. The SMILES string of the molecule is O=C(NC1CC1)c1cnc(NCc2cccnc2)nc1. The molecule has 3 rings (SSSR count). The Kier molecular flexibility index (Phi) is 3.54. The van der Waals surface area contributed by atoms with Crippen LogP contribution in [0.1, 0.15) is 28.8 Å². The molecule has 1 aliphatic carbocycles. The topological polar surface area (TPSA) is 79.8 Å². The van der Waals surface area contributed by atoms with E-state index in [4.69, 9.17) is 0 Å². The third-order valence-corrected chi connectivity index (χ3v) is 3.00. The Morgan fingerprint density at radius 3 is 2.70 bits per heavy atom. The van der Waals surface area contributed by atoms with Gasteiger partial charge in [0.1, 0.15) is 0 Å². The van der Waals surface area contributed by atoms with Gasteiger partial charge in [-0.05, 0) is 24.5 Å². The summed E-state index contributed by atoms with van der Waals surface area (Å²) >= 11 is 0. The van der Waals surface area contributed by atoms with Gasteiger partial charge in [0, 0.05) is 37.4 Å².